The van der Waals surface area contributed by atoms with E-state index in [1.165, 1.54) is 0 Å². The third-order valence-corrected chi connectivity index (χ3v) is 10.9. The van der Waals surface area contributed by atoms with Crippen molar-refractivity contribution < 1.29 is 54.0 Å². The molecule has 1 saturated carbocycles. The van der Waals surface area contributed by atoms with E-state index in [1.807, 2.05) is 78.9 Å². The van der Waals surface area contributed by atoms with Crippen molar-refractivity contribution in [2.45, 2.75) is 111 Å². The molecule has 3 aliphatic rings. The largest absolute Gasteiger partial charge is 0.388 e. The topological polar surface area (TPSA) is 261 Å². The molecule has 0 radical (unpaired) electrons. The van der Waals surface area contributed by atoms with Crippen molar-refractivity contribution >= 4 is 21.5 Å². The van der Waals surface area contributed by atoms with Crippen molar-refractivity contribution in [3.8, 4) is 0 Å². The Morgan fingerprint density at radius 3 is 1.67 bits per heavy atom. The normalized spacial score (nSPS) is 37.0. The van der Waals surface area contributed by atoms with Gasteiger partial charge in [0.25, 0.3) is 0 Å². The first-order valence-electron chi connectivity index (χ1n) is 18.7. The summed E-state index contributed by atoms with van der Waals surface area (Å²) in [4.78, 5) is 0. The Bertz CT molecular complexity index is 1870. The molecule has 298 valence electrons. The molecule has 15 heteroatoms. The highest BCUT2D eigenvalue weighted by molar-refractivity contribution is 5.83. The lowest BCUT2D eigenvalue weighted by Gasteiger charge is -2.48. The van der Waals surface area contributed by atoms with Gasteiger partial charge < -0.3 is 76.9 Å². The molecule has 15 nitrogen and oxygen atoms in total. The molecule has 0 unspecified atom stereocenters. The van der Waals surface area contributed by atoms with Gasteiger partial charge in [-0.1, -0.05) is 72.8 Å². The lowest BCUT2D eigenvalue weighted by Crippen LogP contribution is -2.68. The highest BCUT2D eigenvalue weighted by Gasteiger charge is 2.52. The third kappa shape index (κ3) is 8.72. The van der Waals surface area contributed by atoms with Gasteiger partial charge in [0.05, 0.1) is 25.9 Å². The van der Waals surface area contributed by atoms with E-state index in [0.29, 0.717) is 0 Å². The number of aliphatic hydroxyl groups is 5. The smallest absolute Gasteiger partial charge is 0.187 e. The Hall–Kier alpha value is -3.20. The Morgan fingerprint density at radius 1 is 0.564 bits per heavy atom. The van der Waals surface area contributed by atoms with Crippen LogP contribution < -0.4 is 22.9 Å². The Balaban J connectivity index is 1.06. The average Bonchev–Trinajstić information content (AvgIpc) is 3.19. The standard InChI is InChI=1S/C40H52N4O11/c41-16-28-31(45)33(47)34(48)40(52-28)55-37-27(43)15-26(42)36(35(37)49)54-39-32(46)30(44)38(51-18-21-10-12-23-6-2-4-8-25(23)14-21)29(53-39)19-50-17-20-9-11-22-5-1-3-7-24(22)13-20/h1-14,26-40,45-49H,15-19,41-44H2/t26-,27+,28-,29-,30-,31-,32-,33+,34-,35-,36+,37-,38-,39-,40-/m1/s1. The van der Waals surface area contributed by atoms with Gasteiger partial charge in [0, 0.05) is 18.6 Å². The summed E-state index contributed by atoms with van der Waals surface area (Å²) in [5.41, 5.74) is 27.0. The van der Waals surface area contributed by atoms with Gasteiger partial charge in [0.15, 0.2) is 12.6 Å². The van der Waals surface area contributed by atoms with Gasteiger partial charge in [-0.25, -0.2) is 0 Å². The summed E-state index contributed by atoms with van der Waals surface area (Å²) >= 11 is 0. The van der Waals surface area contributed by atoms with Gasteiger partial charge in [-0.15, -0.1) is 0 Å². The van der Waals surface area contributed by atoms with Crippen LogP contribution in [0.4, 0.5) is 0 Å². The average molecular weight is 765 g/mol. The van der Waals surface area contributed by atoms with Crippen molar-refractivity contribution in [3.05, 3.63) is 96.1 Å². The molecule has 2 aliphatic heterocycles. The summed E-state index contributed by atoms with van der Waals surface area (Å²) in [6.07, 6.45) is -15.5. The SMILES string of the molecule is NC[C@H]1O[C@H](O[C@H]2[C@H](O)[C@@H](O[C@H]3O[C@H](COCc4ccc5ccccc5c4)[C@@H](OCc4ccc5ccccc5c4)[C@H](N)[C@H]3O)[C@H](N)C[C@@H]2N)[C@H](O)[C@@H](O)[C@@H]1O. The van der Waals surface area contributed by atoms with E-state index in [4.69, 9.17) is 51.4 Å². The zero-order valence-corrected chi connectivity index (χ0v) is 30.3. The highest BCUT2D eigenvalue weighted by atomic mass is 16.7. The summed E-state index contributed by atoms with van der Waals surface area (Å²) in [5, 5.41) is 58.6. The molecule has 3 fully saturated rings. The van der Waals surface area contributed by atoms with Crippen LogP contribution in [0.3, 0.4) is 0 Å². The van der Waals surface area contributed by atoms with E-state index in [1.54, 1.807) is 0 Å². The van der Waals surface area contributed by atoms with Gasteiger partial charge in [0.2, 0.25) is 0 Å². The second kappa shape index (κ2) is 17.5. The first-order chi connectivity index (χ1) is 26.5. The zero-order valence-electron chi connectivity index (χ0n) is 30.3. The fraction of sp³-hybridized carbons (Fsp3) is 0.500. The van der Waals surface area contributed by atoms with Crippen molar-refractivity contribution in [1.29, 1.82) is 0 Å². The predicted molar refractivity (Wildman–Crippen MR) is 201 cm³/mol. The molecule has 7 rings (SSSR count). The Kier molecular flexibility index (Phi) is 12.7. The summed E-state index contributed by atoms with van der Waals surface area (Å²) in [5.74, 6) is 0. The van der Waals surface area contributed by atoms with Crippen molar-refractivity contribution in [1.82, 2.24) is 0 Å². The summed E-state index contributed by atoms with van der Waals surface area (Å²) < 4.78 is 36.7. The fourth-order valence-corrected chi connectivity index (χ4v) is 7.73. The van der Waals surface area contributed by atoms with E-state index in [9.17, 15) is 25.5 Å². The van der Waals surface area contributed by atoms with Crippen LogP contribution in [-0.4, -0.2) is 130 Å². The van der Waals surface area contributed by atoms with Gasteiger partial charge >= 0.3 is 0 Å². The zero-order chi connectivity index (χ0) is 38.8. The van der Waals surface area contributed by atoms with E-state index in [-0.39, 0.29) is 32.8 Å². The van der Waals surface area contributed by atoms with Crippen LogP contribution >= 0.6 is 0 Å². The molecule has 55 heavy (non-hydrogen) atoms. The molecule has 1 aliphatic carbocycles. The maximum atomic E-state index is 11.6. The van der Waals surface area contributed by atoms with E-state index < -0.39 is 91.7 Å². The second-order valence-corrected chi connectivity index (χ2v) is 14.8. The first kappa shape index (κ1) is 40.0. The monoisotopic (exact) mass is 764 g/mol. The van der Waals surface area contributed by atoms with E-state index in [0.717, 1.165) is 32.7 Å². The van der Waals surface area contributed by atoms with Crippen LogP contribution in [0.5, 0.6) is 0 Å². The fourth-order valence-electron chi connectivity index (χ4n) is 7.73. The van der Waals surface area contributed by atoms with Crippen LogP contribution in [0.15, 0.2) is 84.9 Å². The number of hydrogen-bond donors (Lipinski definition) is 9. The minimum Gasteiger partial charge on any atom is -0.388 e. The number of fused-ring (bicyclic) bond motifs is 2. The molecule has 4 aromatic carbocycles. The van der Waals surface area contributed by atoms with Crippen molar-refractivity contribution in [2.24, 2.45) is 22.9 Å². The van der Waals surface area contributed by atoms with Crippen LogP contribution in [0.1, 0.15) is 17.5 Å². The molecular weight excluding hydrogens is 712 g/mol. The maximum absolute atomic E-state index is 11.6. The molecule has 0 bridgehead atoms. The molecule has 2 heterocycles. The van der Waals surface area contributed by atoms with Crippen molar-refractivity contribution in [3.63, 3.8) is 0 Å². The first-order valence-corrected chi connectivity index (χ1v) is 18.7. The van der Waals surface area contributed by atoms with Gasteiger partial charge in [-0.05, 0) is 51.2 Å². The number of hydrogen-bond acceptors (Lipinski definition) is 15. The lowest BCUT2D eigenvalue weighted by molar-refractivity contribution is -0.334. The van der Waals surface area contributed by atoms with Gasteiger partial charge in [-0.3, -0.25) is 0 Å². The number of benzene rings is 4. The molecule has 0 aromatic heterocycles. The molecule has 2 saturated heterocycles. The number of ether oxygens (including phenoxy) is 6. The predicted octanol–water partition coefficient (Wildman–Crippen LogP) is -0.536. The Labute approximate surface area is 318 Å². The third-order valence-electron chi connectivity index (χ3n) is 10.9. The molecular formula is C40H52N4O11. The molecule has 0 spiro atoms. The summed E-state index contributed by atoms with van der Waals surface area (Å²) in [6, 6.07) is 25.4. The van der Waals surface area contributed by atoms with Gasteiger partial charge in [0.1, 0.15) is 61.0 Å². The quantitative estimate of drug-likeness (QED) is 0.0878. The maximum Gasteiger partial charge on any atom is 0.187 e. The van der Waals surface area contributed by atoms with E-state index in [2.05, 4.69) is 6.07 Å². The van der Waals surface area contributed by atoms with E-state index >= 15 is 0 Å². The summed E-state index contributed by atoms with van der Waals surface area (Å²) in [7, 11) is 0. The Morgan fingerprint density at radius 2 is 1.09 bits per heavy atom. The van der Waals surface area contributed by atoms with Crippen LogP contribution in [0.25, 0.3) is 21.5 Å². The molecule has 13 N–H and O–H groups in total. The summed E-state index contributed by atoms with van der Waals surface area (Å²) in [6.45, 7) is 0.304. The highest BCUT2D eigenvalue weighted by Crippen LogP contribution is 2.32. The minimum absolute atomic E-state index is 0.0266. The second-order valence-electron chi connectivity index (χ2n) is 14.8. The molecule has 0 amide bonds. The van der Waals surface area contributed by atoms with Crippen LogP contribution in [-0.2, 0) is 41.6 Å². The van der Waals surface area contributed by atoms with Crippen LogP contribution in [0.2, 0.25) is 0 Å². The number of aliphatic hydroxyl groups excluding tert-OH is 5. The molecule has 15 atom stereocenters. The minimum atomic E-state index is -1.67. The number of rotatable bonds is 12. The van der Waals surface area contributed by atoms with Crippen LogP contribution in [0, 0.1) is 0 Å². The molecule has 4 aromatic rings. The van der Waals surface area contributed by atoms with Crippen molar-refractivity contribution in [2.75, 3.05) is 13.2 Å². The lowest BCUT2D eigenvalue weighted by atomic mass is 9.84. The van der Waals surface area contributed by atoms with Gasteiger partial charge in [-0.2, -0.15) is 0 Å². The number of nitrogens with two attached hydrogens (primary N) is 4.